The number of para-hydroxylation sites is 1. The molecule has 4 nitrogen and oxygen atoms in total. The number of halogens is 2. The molecule has 0 unspecified atom stereocenters. The van der Waals surface area contributed by atoms with Crippen molar-refractivity contribution in [1.82, 2.24) is 0 Å². The van der Waals surface area contributed by atoms with Crippen LogP contribution in [0.25, 0.3) is 22.3 Å². The van der Waals surface area contributed by atoms with Crippen LogP contribution in [0.3, 0.4) is 0 Å². The van der Waals surface area contributed by atoms with E-state index in [1.54, 1.807) is 42.5 Å². The van der Waals surface area contributed by atoms with Gasteiger partial charge in [0.1, 0.15) is 11.6 Å². The minimum Gasteiger partial charge on any atom is -0.407 e. The summed E-state index contributed by atoms with van der Waals surface area (Å²) in [5.74, 6) is -0.674. The zero-order chi connectivity index (χ0) is 22.5. The van der Waals surface area contributed by atoms with Gasteiger partial charge in [-0.1, -0.05) is 54.6 Å². The van der Waals surface area contributed by atoms with Gasteiger partial charge in [-0.25, -0.2) is 8.78 Å². The second kappa shape index (κ2) is 9.63. The number of nitrogens with zero attached hydrogens (tertiary/aromatic N) is 1. The second-order valence-electron chi connectivity index (χ2n) is 7.02. The van der Waals surface area contributed by atoms with Crippen molar-refractivity contribution in [2.75, 3.05) is 0 Å². The Labute approximate surface area is 186 Å². The Balaban J connectivity index is 1.69. The van der Waals surface area contributed by atoms with Crippen molar-refractivity contribution in [1.29, 1.82) is 0 Å². The van der Waals surface area contributed by atoms with Crippen LogP contribution in [-0.2, 0) is 11.0 Å². The lowest BCUT2D eigenvalue weighted by atomic mass is 9.94. The van der Waals surface area contributed by atoms with Crippen LogP contribution in [0.2, 0.25) is 0 Å². The third-order valence-corrected chi connectivity index (χ3v) is 5.88. The third kappa shape index (κ3) is 4.79. The predicted molar refractivity (Wildman–Crippen MR) is 121 cm³/mol. The quantitative estimate of drug-likeness (QED) is 0.209. The van der Waals surface area contributed by atoms with Crippen LogP contribution in [0.15, 0.2) is 91.0 Å². The molecule has 0 N–H and O–H groups in total. The molecule has 4 rings (SSSR count). The summed E-state index contributed by atoms with van der Waals surface area (Å²) < 4.78 is 32.9. The standard InChI is InChI=1S/C25H17F2NO3Si/c26-20-12-8-17(9-13-20)22-5-3-7-24(25(22)18-10-14-21(27)15-11-18)32-31-16-19-4-1-2-6-23(19)28(29)30/h1-15H,16H2. The summed E-state index contributed by atoms with van der Waals surface area (Å²) in [5, 5.41) is 12.1. The van der Waals surface area contributed by atoms with Crippen LogP contribution < -0.4 is 5.19 Å². The molecule has 32 heavy (non-hydrogen) atoms. The van der Waals surface area contributed by atoms with Gasteiger partial charge in [0.05, 0.1) is 17.1 Å². The van der Waals surface area contributed by atoms with Gasteiger partial charge in [-0.05, 0) is 57.8 Å². The zero-order valence-corrected chi connectivity index (χ0v) is 17.8. The van der Waals surface area contributed by atoms with Crippen molar-refractivity contribution in [2.24, 2.45) is 0 Å². The molecule has 0 aromatic heterocycles. The maximum Gasteiger partial charge on any atom is 0.274 e. The van der Waals surface area contributed by atoms with E-state index in [1.807, 2.05) is 18.2 Å². The first-order valence-corrected chi connectivity index (χ1v) is 10.7. The lowest BCUT2D eigenvalue weighted by Crippen LogP contribution is -2.21. The van der Waals surface area contributed by atoms with E-state index >= 15 is 0 Å². The highest BCUT2D eigenvalue weighted by atomic mass is 28.2. The molecule has 0 aliphatic heterocycles. The van der Waals surface area contributed by atoms with Gasteiger partial charge in [0, 0.05) is 6.07 Å². The molecule has 0 amide bonds. The van der Waals surface area contributed by atoms with E-state index in [9.17, 15) is 18.9 Å². The number of nitro groups is 1. The van der Waals surface area contributed by atoms with E-state index in [0.29, 0.717) is 5.56 Å². The van der Waals surface area contributed by atoms with E-state index < -0.39 is 4.92 Å². The van der Waals surface area contributed by atoms with Crippen LogP contribution >= 0.6 is 0 Å². The van der Waals surface area contributed by atoms with Crippen molar-refractivity contribution in [3.8, 4) is 22.3 Å². The number of benzene rings is 4. The van der Waals surface area contributed by atoms with Gasteiger partial charge in [0.2, 0.25) is 0 Å². The summed E-state index contributed by atoms with van der Waals surface area (Å²) in [7, 11) is -0.110. The van der Waals surface area contributed by atoms with E-state index in [-0.39, 0.29) is 33.7 Å². The Kier molecular flexibility index (Phi) is 6.49. The largest absolute Gasteiger partial charge is 0.407 e. The van der Waals surface area contributed by atoms with E-state index in [0.717, 1.165) is 27.4 Å². The molecule has 7 heteroatoms. The van der Waals surface area contributed by atoms with Crippen LogP contribution in [0, 0.1) is 21.7 Å². The normalized spacial score (nSPS) is 10.8. The van der Waals surface area contributed by atoms with Gasteiger partial charge in [-0.2, -0.15) is 0 Å². The summed E-state index contributed by atoms with van der Waals surface area (Å²) in [5.41, 5.74) is 3.81. The number of hydrogen-bond donors (Lipinski definition) is 0. The fourth-order valence-corrected chi connectivity index (χ4v) is 4.37. The summed E-state index contributed by atoms with van der Waals surface area (Å²) in [4.78, 5) is 10.8. The van der Waals surface area contributed by atoms with Crippen LogP contribution in [0.4, 0.5) is 14.5 Å². The van der Waals surface area contributed by atoms with Crippen molar-refractivity contribution in [3.05, 3.63) is 118 Å². The Morgan fingerprint density at radius 1 is 0.781 bits per heavy atom. The minimum absolute atomic E-state index is 0.0103. The SMILES string of the molecule is O=[N+]([O-])c1ccccc1CO[Si]c1cccc(-c2ccc(F)cc2)c1-c1ccc(F)cc1. The molecule has 0 aliphatic rings. The van der Waals surface area contributed by atoms with Gasteiger partial charge in [-0.15, -0.1) is 0 Å². The lowest BCUT2D eigenvalue weighted by Gasteiger charge is -2.15. The summed E-state index contributed by atoms with van der Waals surface area (Å²) in [6.07, 6.45) is 0. The molecule has 0 heterocycles. The molecule has 0 aliphatic carbocycles. The molecule has 4 aromatic carbocycles. The van der Waals surface area contributed by atoms with Crippen LogP contribution in [-0.4, -0.2) is 14.7 Å². The minimum atomic E-state index is -0.430. The fraction of sp³-hybridized carbons (Fsp3) is 0.0400. The smallest absolute Gasteiger partial charge is 0.274 e. The van der Waals surface area contributed by atoms with Crippen molar-refractivity contribution in [3.63, 3.8) is 0 Å². The molecule has 2 radical (unpaired) electrons. The Bertz CT molecular complexity index is 1250. The first-order chi connectivity index (χ1) is 15.5. The van der Waals surface area contributed by atoms with E-state index in [4.69, 9.17) is 4.43 Å². The summed E-state index contributed by atoms with van der Waals surface area (Å²) in [6.45, 7) is 0.0826. The number of hydrogen-bond acceptors (Lipinski definition) is 3. The average Bonchev–Trinajstić information content (AvgIpc) is 2.80. The molecule has 158 valence electrons. The monoisotopic (exact) mass is 445 g/mol. The topological polar surface area (TPSA) is 52.4 Å². The molecule has 0 saturated heterocycles. The Morgan fingerprint density at radius 3 is 2.06 bits per heavy atom. The molecule has 0 fully saturated rings. The Hall–Kier alpha value is -3.68. The van der Waals surface area contributed by atoms with Crippen molar-refractivity contribution >= 4 is 20.6 Å². The maximum atomic E-state index is 13.5. The second-order valence-corrected chi connectivity index (χ2v) is 8.05. The highest BCUT2D eigenvalue weighted by Gasteiger charge is 2.16. The Morgan fingerprint density at radius 2 is 1.41 bits per heavy atom. The zero-order valence-electron chi connectivity index (χ0n) is 16.8. The molecule has 0 bridgehead atoms. The molecule has 0 saturated carbocycles. The molecular weight excluding hydrogens is 428 g/mol. The summed E-state index contributed by atoms with van der Waals surface area (Å²) in [6, 6.07) is 24.5. The predicted octanol–water partition coefficient (Wildman–Crippen LogP) is 5.67. The molecular formula is C25H17F2NO3Si. The molecule has 0 spiro atoms. The first-order valence-electron chi connectivity index (χ1n) is 9.78. The highest BCUT2D eigenvalue weighted by Crippen LogP contribution is 2.31. The average molecular weight is 445 g/mol. The van der Waals surface area contributed by atoms with Gasteiger partial charge >= 0.3 is 0 Å². The van der Waals surface area contributed by atoms with Crippen LogP contribution in [0.5, 0.6) is 0 Å². The number of rotatable bonds is 7. The van der Waals surface area contributed by atoms with Crippen LogP contribution in [0.1, 0.15) is 5.56 Å². The first kappa shape index (κ1) is 21.5. The molecule has 4 aromatic rings. The van der Waals surface area contributed by atoms with E-state index in [1.165, 1.54) is 30.3 Å². The van der Waals surface area contributed by atoms with Crippen molar-refractivity contribution in [2.45, 2.75) is 6.61 Å². The van der Waals surface area contributed by atoms with Gasteiger partial charge in [0.15, 0.2) is 0 Å². The van der Waals surface area contributed by atoms with Gasteiger partial charge in [-0.3, -0.25) is 10.1 Å². The highest BCUT2D eigenvalue weighted by molar-refractivity contribution is 6.50. The van der Waals surface area contributed by atoms with Gasteiger partial charge in [0.25, 0.3) is 15.5 Å². The number of nitro benzene ring substituents is 1. The molecule has 0 atom stereocenters. The van der Waals surface area contributed by atoms with Gasteiger partial charge < -0.3 is 4.43 Å². The lowest BCUT2D eigenvalue weighted by molar-refractivity contribution is -0.385. The van der Waals surface area contributed by atoms with Crippen molar-refractivity contribution < 1.29 is 18.1 Å². The van der Waals surface area contributed by atoms with E-state index in [2.05, 4.69) is 0 Å². The maximum absolute atomic E-state index is 13.5. The summed E-state index contributed by atoms with van der Waals surface area (Å²) >= 11 is 0. The third-order valence-electron chi connectivity index (χ3n) is 4.95. The fourth-order valence-electron chi connectivity index (χ4n) is 3.44.